The maximum absolute atomic E-state index is 13.1. The smallest absolute Gasteiger partial charge is 0.320 e. The molecule has 0 bridgehead atoms. The number of nitrogens with zero attached hydrogens (tertiary/aromatic N) is 2. The second kappa shape index (κ2) is 7.94. The van der Waals surface area contributed by atoms with Gasteiger partial charge in [-0.15, -0.1) is 0 Å². The largest absolute Gasteiger partial charge is 0.416 e. The van der Waals surface area contributed by atoms with Crippen molar-refractivity contribution in [1.29, 1.82) is 0 Å². The van der Waals surface area contributed by atoms with E-state index in [1.807, 2.05) is 0 Å². The molecule has 3 aromatic rings. The van der Waals surface area contributed by atoms with Gasteiger partial charge in [-0.3, -0.25) is 4.79 Å². The lowest BCUT2D eigenvalue weighted by Crippen LogP contribution is -2.17. The van der Waals surface area contributed by atoms with E-state index in [1.54, 1.807) is 19.9 Å². The summed E-state index contributed by atoms with van der Waals surface area (Å²) in [5.74, 6) is -0.684. The molecular formula is C20H18F3N3O3S. The number of hydrogen-bond acceptors (Lipinski definition) is 4. The Labute approximate surface area is 171 Å². The Hall–Kier alpha value is -3.14. The fourth-order valence-electron chi connectivity index (χ4n) is 2.69. The van der Waals surface area contributed by atoms with Gasteiger partial charge in [-0.05, 0) is 62.4 Å². The summed E-state index contributed by atoms with van der Waals surface area (Å²) in [4.78, 5) is 12.7. The minimum Gasteiger partial charge on any atom is -0.320 e. The summed E-state index contributed by atoms with van der Waals surface area (Å²) in [6, 6.07) is 9.75. The number of anilines is 1. The molecule has 0 aliphatic heterocycles. The Morgan fingerprint density at radius 2 is 1.77 bits per heavy atom. The summed E-state index contributed by atoms with van der Waals surface area (Å²) in [6.45, 7) is 3.08. The Morgan fingerprint density at radius 1 is 1.10 bits per heavy atom. The van der Waals surface area contributed by atoms with Crippen molar-refractivity contribution in [3.05, 3.63) is 72.1 Å². The van der Waals surface area contributed by atoms with E-state index in [9.17, 15) is 26.4 Å². The predicted molar refractivity (Wildman–Crippen MR) is 105 cm³/mol. The highest BCUT2D eigenvalue weighted by molar-refractivity contribution is 7.92. The maximum Gasteiger partial charge on any atom is 0.416 e. The minimum atomic E-state index is -4.59. The lowest BCUT2D eigenvalue weighted by molar-refractivity contribution is -0.137. The van der Waals surface area contributed by atoms with E-state index in [-0.39, 0.29) is 21.8 Å². The van der Waals surface area contributed by atoms with Crippen molar-refractivity contribution in [3.63, 3.8) is 0 Å². The first-order valence-corrected chi connectivity index (χ1v) is 10.4. The molecule has 0 aliphatic carbocycles. The molecule has 10 heteroatoms. The van der Waals surface area contributed by atoms with E-state index in [2.05, 4.69) is 10.4 Å². The van der Waals surface area contributed by atoms with E-state index in [0.717, 1.165) is 12.1 Å². The lowest BCUT2D eigenvalue weighted by atomic mass is 10.1. The van der Waals surface area contributed by atoms with Crippen molar-refractivity contribution in [1.82, 2.24) is 9.78 Å². The summed E-state index contributed by atoms with van der Waals surface area (Å²) in [6.07, 6.45) is -1.60. The number of rotatable bonds is 5. The molecule has 1 aromatic heterocycles. The van der Waals surface area contributed by atoms with Crippen LogP contribution in [0.5, 0.6) is 0 Å². The van der Waals surface area contributed by atoms with Crippen molar-refractivity contribution in [2.75, 3.05) is 5.32 Å². The number of amides is 1. The predicted octanol–water partition coefficient (Wildman–Crippen LogP) is 4.33. The average molecular weight is 437 g/mol. The van der Waals surface area contributed by atoms with Crippen LogP contribution in [-0.4, -0.2) is 29.4 Å². The zero-order chi connectivity index (χ0) is 22.1. The van der Waals surface area contributed by atoms with Gasteiger partial charge in [0.2, 0.25) is 0 Å². The van der Waals surface area contributed by atoms with Gasteiger partial charge in [0.05, 0.1) is 27.1 Å². The molecule has 2 aromatic carbocycles. The standard InChI is InChI=1S/C20H18F3N3O3S/c1-13(2)30(28,29)16-7-4-14(5-8-16)19(27)25-17-12-15(20(21,22)23)6-9-18(17)26-11-3-10-24-26/h3-13H,1-2H3,(H,25,27). The van der Waals surface area contributed by atoms with Crippen LogP contribution in [0.3, 0.4) is 0 Å². The molecule has 0 fully saturated rings. The molecule has 1 amide bonds. The van der Waals surface area contributed by atoms with Crippen LogP contribution >= 0.6 is 0 Å². The van der Waals surface area contributed by atoms with Crippen molar-refractivity contribution in [2.24, 2.45) is 0 Å². The number of sulfone groups is 1. The molecule has 0 unspecified atom stereocenters. The van der Waals surface area contributed by atoms with Crippen LogP contribution in [0, 0.1) is 0 Å². The van der Waals surface area contributed by atoms with Crippen molar-refractivity contribution < 1.29 is 26.4 Å². The van der Waals surface area contributed by atoms with Crippen LogP contribution in [0.4, 0.5) is 18.9 Å². The molecule has 1 heterocycles. The van der Waals surface area contributed by atoms with Gasteiger partial charge in [-0.1, -0.05) is 0 Å². The van der Waals surface area contributed by atoms with Gasteiger partial charge < -0.3 is 5.32 Å². The zero-order valence-electron chi connectivity index (χ0n) is 16.0. The molecule has 0 radical (unpaired) electrons. The number of nitrogens with one attached hydrogen (secondary N) is 1. The molecule has 0 spiro atoms. The number of alkyl halides is 3. The monoisotopic (exact) mass is 437 g/mol. The SMILES string of the molecule is CC(C)S(=O)(=O)c1ccc(C(=O)Nc2cc(C(F)(F)F)ccc2-n2cccn2)cc1. The van der Waals surface area contributed by atoms with Crippen molar-refractivity contribution in [3.8, 4) is 5.69 Å². The molecule has 0 aliphatic rings. The van der Waals surface area contributed by atoms with E-state index >= 15 is 0 Å². The van der Waals surface area contributed by atoms with Crippen LogP contribution in [-0.2, 0) is 16.0 Å². The fraction of sp³-hybridized carbons (Fsp3) is 0.200. The van der Waals surface area contributed by atoms with Gasteiger partial charge in [-0.25, -0.2) is 13.1 Å². The fourth-order valence-corrected chi connectivity index (χ4v) is 3.75. The van der Waals surface area contributed by atoms with Crippen molar-refractivity contribution in [2.45, 2.75) is 30.2 Å². The molecule has 3 rings (SSSR count). The average Bonchev–Trinajstić information content (AvgIpc) is 3.21. The summed E-state index contributed by atoms with van der Waals surface area (Å²) < 4.78 is 65.1. The third-order valence-electron chi connectivity index (χ3n) is 4.39. The molecular weight excluding hydrogens is 419 g/mol. The quantitative estimate of drug-likeness (QED) is 0.644. The van der Waals surface area contributed by atoms with Gasteiger partial charge in [-0.2, -0.15) is 18.3 Å². The van der Waals surface area contributed by atoms with Crippen molar-refractivity contribution >= 4 is 21.4 Å². The Bertz CT molecular complexity index is 1150. The van der Waals surface area contributed by atoms with Gasteiger partial charge in [0.15, 0.2) is 9.84 Å². The van der Waals surface area contributed by atoms with Crippen LogP contribution < -0.4 is 5.32 Å². The van der Waals surface area contributed by atoms with E-state index < -0.39 is 32.7 Å². The molecule has 158 valence electrons. The number of benzene rings is 2. The highest BCUT2D eigenvalue weighted by atomic mass is 32.2. The third-order valence-corrected chi connectivity index (χ3v) is 6.56. The zero-order valence-corrected chi connectivity index (χ0v) is 16.8. The molecule has 0 saturated heterocycles. The van der Waals surface area contributed by atoms with E-state index in [0.29, 0.717) is 0 Å². The van der Waals surface area contributed by atoms with E-state index in [4.69, 9.17) is 0 Å². The van der Waals surface area contributed by atoms with Crippen LogP contribution in [0.15, 0.2) is 65.8 Å². The Balaban J connectivity index is 1.94. The first kappa shape index (κ1) is 21.6. The molecule has 1 N–H and O–H groups in total. The summed E-state index contributed by atoms with van der Waals surface area (Å²) in [5, 5.41) is 5.82. The van der Waals surface area contributed by atoms with Gasteiger partial charge in [0.25, 0.3) is 5.91 Å². The summed E-state index contributed by atoms with van der Waals surface area (Å²) in [7, 11) is -3.50. The number of carbonyl (C=O) groups excluding carboxylic acids is 1. The maximum atomic E-state index is 13.1. The van der Waals surface area contributed by atoms with Gasteiger partial charge >= 0.3 is 6.18 Å². The van der Waals surface area contributed by atoms with Gasteiger partial charge in [0, 0.05) is 18.0 Å². The molecule has 0 atom stereocenters. The molecule has 6 nitrogen and oxygen atoms in total. The topological polar surface area (TPSA) is 81.1 Å². The van der Waals surface area contributed by atoms with Crippen LogP contribution in [0.2, 0.25) is 0 Å². The minimum absolute atomic E-state index is 0.0605. The first-order valence-electron chi connectivity index (χ1n) is 8.87. The van der Waals surface area contributed by atoms with Crippen LogP contribution in [0.25, 0.3) is 5.69 Å². The first-order chi connectivity index (χ1) is 14.0. The third kappa shape index (κ3) is 4.38. The number of hydrogen-bond donors (Lipinski definition) is 1. The second-order valence-electron chi connectivity index (χ2n) is 6.75. The summed E-state index contributed by atoms with van der Waals surface area (Å²) in [5.41, 5.74) is -0.661. The Morgan fingerprint density at radius 3 is 2.30 bits per heavy atom. The number of carbonyl (C=O) groups is 1. The molecule has 30 heavy (non-hydrogen) atoms. The molecule has 0 saturated carbocycles. The van der Waals surface area contributed by atoms with E-state index in [1.165, 1.54) is 47.4 Å². The Kier molecular flexibility index (Phi) is 5.71. The lowest BCUT2D eigenvalue weighted by Gasteiger charge is -2.15. The number of halogens is 3. The van der Waals surface area contributed by atoms with Crippen LogP contribution in [0.1, 0.15) is 29.8 Å². The highest BCUT2D eigenvalue weighted by Crippen LogP contribution is 2.33. The normalized spacial score (nSPS) is 12.2. The van der Waals surface area contributed by atoms with Gasteiger partial charge in [0.1, 0.15) is 0 Å². The highest BCUT2D eigenvalue weighted by Gasteiger charge is 2.31. The second-order valence-corrected chi connectivity index (χ2v) is 9.26. The summed E-state index contributed by atoms with van der Waals surface area (Å²) >= 11 is 0. The number of aromatic nitrogens is 2.